The van der Waals surface area contributed by atoms with Crippen molar-refractivity contribution in [2.24, 2.45) is 0 Å². The van der Waals surface area contributed by atoms with E-state index < -0.39 is 15.5 Å². The van der Waals surface area contributed by atoms with Gasteiger partial charge in [0, 0.05) is 21.1 Å². The predicted molar refractivity (Wildman–Crippen MR) is 117 cm³/mol. The SMILES string of the molecule is O=S(=O)(Nc1ccc2c(OCc3coc(-c4ccc(Br)cc4)n3)cccc2c1)C(F)(F)F. The Morgan fingerprint density at radius 3 is 2.53 bits per heavy atom. The maximum absolute atomic E-state index is 12.6. The molecule has 0 aliphatic carbocycles. The number of nitrogens with one attached hydrogen (secondary N) is 1. The van der Waals surface area contributed by atoms with Crippen LogP contribution < -0.4 is 9.46 Å². The topological polar surface area (TPSA) is 81.4 Å². The minimum Gasteiger partial charge on any atom is -0.487 e. The molecule has 0 saturated heterocycles. The molecule has 0 amide bonds. The third kappa shape index (κ3) is 4.73. The van der Waals surface area contributed by atoms with Crippen molar-refractivity contribution in [1.29, 1.82) is 0 Å². The van der Waals surface area contributed by atoms with Crippen LogP contribution in [-0.2, 0) is 16.6 Å². The Balaban J connectivity index is 1.51. The molecule has 0 aliphatic rings. The van der Waals surface area contributed by atoms with E-state index in [0.29, 0.717) is 28.1 Å². The van der Waals surface area contributed by atoms with Crippen LogP contribution >= 0.6 is 15.9 Å². The number of nitrogens with zero attached hydrogens (tertiary/aromatic N) is 1. The van der Waals surface area contributed by atoms with Gasteiger partial charge in [-0.05, 0) is 53.9 Å². The van der Waals surface area contributed by atoms with Gasteiger partial charge in [0.25, 0.3) is 0 Å². The summed E-state index contributed by atoms with van der Waals surface area (Å²) < 4.78 is 74.2. The van der Waals surface area contributed by atoms with Crippen molar-refractivity contribution in [2.75, 3.05) is 4.72 Å². The smallest absolute Gasteiger partial charge is 0.487 e. The molecule has 32 heavy (non-hydrogen) atoms. The number of rotatable bonds is 6. The Morgan fingerprint density at radius 2 is 1.81 bits per heavy atom. The van der Waals surface area contributed by atoms with Gasteiger partial charge in [-0.15, -0.1) is 0 Å². The Kier molecular flexibility index (Phi) is 5.87. The molecule has 166 valence electrons. The molecule has 1 aromatic heterocycles. The summed E-state index contributed by atoms with van der Waals surface area (Å²) in [6.07, 6.45) is 1.48. The summed E-state index contributed by atoms with van der Waals surface area (Å²) >= 11 is 3.37. The van der Waals surface area contributed by atoms with Gasteiger partial charge in [-0.3, -0.25) is 4.72 Å². The van der Waals surface area contributed by atoms with Gasteiger partial charge in [-0.1, -0.05) is 28.1 Å². The fourth-order valence-electron chi connectivity index (χ4n) is 2.91. The standard InChI is InChI=1S/C21H14BrF3N2O4S/c22-15-6-4-13(5-7-15)20-26-17(12-31-20)11-30-19-3-1-2-14-10-16(8-9-18(14)19)27-32(28,29)21(23,24)25/h1-10,12,27H,11H2. The fourth-order valence-corrected chi connectivity index (χ4v) is 3.72. The Morgan fingerprint density at radius 1 is 1.06 bits per heavy atom. The molecule has 0 fully saturated rings. The highest BCUT2D eigenvalue weighted by atomic mass is 79.9. The first-order valence-electron chi connectivity index (χ1n) is 9.07. The summed E-state index contributed by atoms with van der Waals surface area (Å²) in [5, 5.41) is 1.10. The average Bonchev–Trinajstić information content (AvgIpc) is 3.20. The molecule has 1 heterocycles. The lowest BCUT2D eigenvalue weighted by molar-refractivity contribution is -0.0429. The Bertz CT molecular complexity index is 1370. The van der Waals surface area contributed by atoms with E-state index in [1.807, 2.05) is 24.3 Å². The van der Waals surface area contributed by atoms with Crippen LogP contribution in [0.2, 0.25) is 0 Å². The highest BCUT2D eigenvalue weighted by Gasteiger charge is 2.46. The van der Waals surface area contributed by atoms with E-state index in [1.54, 1.807) is 18.2 Å². The van der Waals surface area contributed by atoms with Gasteiger partial charge >= 0.3 is 15.5 Å². The number of benzene rings is 3. The van der Waals surface area contributed by atoms with Crippen LogP contribution in [-0.4, -0.2) is 18.9 Å². The second-order valence-electron chi connectivity index (χ2n) is 6.68. The number of hydrogen-bond donors (Lipinski definition) is 1. The molecule has 1 N–H and O–H groups in total. The third-order valence-electron chi connectivity index (χ3n) is 4.42. The highest BCUT2D eigenvalue weighted by Crippen LogP contribution is 2.31. The number of alkyl halides is 3. The Hall–Kier alpha value is -3.05. The Labute approximate surface area is 189 Å². The molecule has 0 radical (unpaired) electrons. The quantitative estimate of drug-likeness (QED) is 0.328. The van der Waals surface area contributed by atoms with Crippen LogP contribution in [0.5, 0.6) is 5.75 Å². The first-order chi connectivity index (χ1) is 15.1. The van der Waals surface area contributed by atoms with Gasteiger partial charge in [0.15, 0.2) is 0 Å². The number of hydrogen-bond acceptors (Lipinski definition) is 5. The van der Waals surface area contributed by atoms with Gasteiger partial charge in [0.05, 0.1) is 0 Å². The molecule has 0 unspecified atom stereocenters. The van der Waals surface area contributed by atoms with Gasteiger partial charge in [0.1, 0.15) is 24.3 Å². The summed E-state index contributed by atoms with van der Waals surface area (Å²) in [4.78, 5) is 4.39. The van der Waals surface area contributed by atoms with E-state index in [9.17, 15) is 21.6 Å². The zero-order valence-electron chi connectivity index (χ0n) is 16.1. The zero-order valence-corrected chi connectivity index (χ0v) is 18.5. The van der Waals surface area contributed by atoms with E-state index in [-0.39, 0.29) is 12.3 Å². The van der Waals surface area contributed by atoms with Crippen molar-refractivity contribution >= 4 is 42.4 Å². The van der Waals surface area contributed by atoms with Gasteiger partial charge in [-0.2, -0.15) is 21.6 Å². The normalized spacial score (nSPS) is 12.1. The molecule has 0 spiro atoms. The predicted octanol–water partition coefficient (Wildman–Crippen LogP) is 6.10. The van der Waals surface area contributed by atoms with E-state index >= 15 is 0 Å². The summed E-state index contributed by atoms with van der Waals surface area (Å²) in [6.45, 7) is 0.0988. The first kappa shape index (κ1) is 22.2. The summed E-state index contributed by atoms with van der Waals surface area (Å²) in [6, 6.07) is 16.4. The molecular weight excluding hydrogens is 513 g/mol. The first-order valence-corrected chi connectivity index (χ1v) is 11.3. The van der Waals surface area contributed by atoms with Crippen molar-refractivity contribution in [2.45, 2.75) is 12.1 Å². The van der Waals surface area contributed by atoms with Crippen molar-refractivity contribution in [3.63, 3.8) is 0 Å². The van der Waals surface area contributed by atoms with E-state index in [1.165, 1.54) is 29.2 Å². The second-order valence-corrected chi connectivity index (χ2v) is 9.27. The minimum atomic E-state index is -5.50. The largest absolute Gasteiger partial charge is 0.516 e. The number of aromatic nitrogens is 1. The number of oxazole rings is 1. The average molecular weight is 527 g/mol. The molecule has 0 saturated carbocycles. The van der Waals surface area contributed by atoms with E-state index in [0.717, 1.165) is 10.0 Å². The van der Waals surface area contributed by atoms with Crippen LogP contribution in [0.15, 0.2) is 75.8 Å². The van der Waals surface area contributed by atoms with Gasteiger partial charge in [0.2, 0.25) is 5.89 Å². The van der Waals surface area contributed by atoms with Crippen LogP contribution in [0.25, 0.3) is 22.2 Å². The third-order valence-corrected chi connectivity index (χ3v) is 6.06. The lowest BCUT2D eigenvalue weighted by Gasteiger charge is -2.12. The number of fused-ring (bicyclic) bond motifs is 1. The molecule has 3 aromatic carbocycles. The maximum atomic E-state index is 12.6. The van der Waals surface area contributed by atoms with Gasteiger partial charge < -0.3 is 9.15 Å². The molecule has 0 atom stereocenters. The number of anilines is 1. The van der Waals surface area contributed by atoms with Gasteiger partial charge in [-0.25, -0.2) is 4.98 Å². The van der Waals surface area contributed by atoms with E-state index in [2.05, 4.69) is 20.9 Å². The number of sulfonamides is 1. The maximum Gasteiger partial charge on any atom is 0.516 e. The monoisotopic (exact) mass is 526 g/mol. The van der Waals surface area contributed by atoms with Crippen LogP contribution in [0.3, 0.4) is 0 Å². The second kappa shape index (κ2) is 8.47. The summed E-state index contributed by atoms with van der Waals surface area (Å²) in [5.74, 6) is 0.900. The fraction of sp³-hybridized carbons (Fsp3) is 0.0952. The van der Waals surface area contributed by atoms with Crippen molar-refractivity contribution < 1.29 is 30.7 Å². The zero-order chi connectivity index (χ0) is 22.9. The van der Waals surface area contributed by atoms with Crippen LogP contribution in [0.4, 0.5) is 18.9 Å². The molecule has 4 rings (SSSR count). The van der Waals surface area contributed by atoms with Crippen molar-refractivity contribution in [3.8, 4) is 17.2 Å². The van der Waals surface area contributed by atoms with Crippen LogP contribution in [0.1, 0.15) is 5.69 Å². The lowest BCUT2D eigenvalue weighted by atomic mass is 10.1. The molecule has 0 aliphatic heterocycles. The number of halogens is 4. The lowest BCUT2D eigenvalue weighted by Crippen LogP contribution is -2.29. The summed E-state index contributed by atoms with van der Waals surface area (Å²) in [7, 11) is -5.50. The number of ether oxygens (including phenoxy) is 1. The highest BCUT2D eigenvalue weighted by molar-refractivity contribution is 9.10. The molecule has 6 nitrogen and oxygen atoms in total. The molecule has 0 bridgehead atoms. The summed E-state index contributed by atoms with van der Waals surface area (Å²) in [5.41, 5.74) is -4.25. The molecular formula is C21H14BrF3N2O4S. The van der Waals surface area contributed by atoms with E-state index in [4.69, 9.17) is 9.15 Å². The minimum absolute atomic E-state index is 0.0988. The van der Waals surface area contributed by atoms with Crippen LogP contribution in [0, 0.1) is 0 Å². The van der Waals surface area contributed by atoms with Crippen molar-refractivity contribution in [3.05, 3.63) is 77.1 Å². The van der Waals surface area contributed by atoms with Crippen molar-refractivity contribution in [1.82, 2.24) is 4.98 Å². The molecule has 4 aromatic rings. The molecule has 11 heteroatoms.